The number of carbonyl (C=O) groups excluding carboxylic acids is 1. The van der Waals surface area contributed by atoms with Crippen molar-refractivity contribution in [3.8, 4) is 0 Å². The molecule has 0 radical (unpaired) electrons. The number of likely N-dealkylation sites (tertiary alicyclic amines) is 1. The number of hydrogen-bond acceptors (Lipinski definition) is 3. The standard InChI is InChI=1S/C16H25N3O2/c1-16(2,14-3-7-17-8-4-14)12-18-15(21)19-9-5-13(11-20)6-10-19/h3-4,7-8,13,20H,5-6,9-12H2,1-2H3,(H,18,21). The Morgan fingerprint density at radius 2 is 2.00 bits per heavy atom. The zero-order chi connectivity index (χ0) is 15.3. The summed E-state index contributed by atoms with van der Waals surface area (Å²) in [6.07, 6.45) is 5.33. The molecule has 5 nitrogen and oxygen atoms in total. The normalized spacial score (nSPS) is 16.8. The number of piperidine rings is 1. The zero-order valence-corrected chi connectivity index (χ0v) is 12.9. The number of aliphatic hydroxyl groups is 1. The Morgan fingerprint density at radius 3 is 2.57 bits per heavy atom. The van der Waals surface area contributed by atoms with Gasteiger partial charge in [0.1, 0.15) is 0 Å². The summed E-state index contributed by atoms with van der Waals surface area (Å²) < 4.78 is 0. The summed E-state index contributed by atoms with van der Waals surface area (Å²) in [5.74, 6) is 0.349. The van der Waals surface area contributed by atoms with Gasteiger partial charge in [0.2, 0.25) is 0 Å². The van der Waals surface area contributed by atoms with Crippen LogP contribution in [-0.4, -0.2) is 47.3 Å². The minimum atomic E-state index is -0.123. The monoisotopic (exact) mass is 291 g/mol. The van der Waals surface area contributed by atoms with Crippen LogP contribution in [0.1, 0.15) is 32.3 Å². The maximum Gasteiger partial charge on any atom is 0.317 e. The van der Waals surface area contributed by atoms with Gasteiger partial charge in [-0.1, -0.05) is 13.8 Å². The lowest BCUT2D eigenvalue weighted by Crippen LogP contribution is -2.47. The van der Waals surface area contributed by atoms with Gasteiger partial charge in [-0.15, -0.1) is 0 Å². The molecule has 5 heteroatoms. The minimum absolute atomic E-state index is 0.00600. The summed E-state index contributed by atoms with van der Waals surface area (Å²) in [7, 11) is 0. The second-order valence-electron chi connectivity index (χ2n) is 6.39. The lowest BCUT2D eigenvalue weighted by molar-refractivity contribution is 0.136. The van der Waals surface area contributed by atoms with Crippen molar-refractivity contribution in [1.82, 2.24) is 15.2 Å². The highest BCUT2D eigenvalue weighted by atomic mass is 16.3. The van der Waals surface area contributed by atoms with Crippen molar-refractivity contribution in [2.24, 2.45) is 5.92 Å². The molecule has 116 valence electrons. The van der Waals surface area contributed by atoms with Gasteiger partial charge in [0, 0.05) is 44.0 Å². The van der Waals surface area contributed by atoms with Crippen LogP contribution in [0, 0.1) is 5.92 Å². The van der Waals surface area contributed by atoms with E-state index in [9.17, 15) is 4.79 Å². The molecule has 0 aromatic carbocycles. The van der Waals surface area contributed by atoms with Crippen molar-refractivity contribution in [3.05, 3.63) is 30.1 Å². The SMILES string of the molecule is CC(C)(CNC(=O)N1CCC(CO)CC1)c1ccncc1. The third kappa shape index (κ3) is 4.17. The first-order valence-electron chi connectivity index (χ1n) is 7.57. The van der Waals surface area contributed by atoms with Gasteiger partial charge in [0.05, 0.1) is 0 Å². The first-order chi connectivity index (χ1) is 10.0. The highest BCUT2D eigenvalue weighted by Crippen LogP contribution is 2.21. The van der Waals surface area contributed by atoms with Gasteiger partial charge in [-0.05, 0) is 36.5 Å². The van der Waals surface area contributed by atoms with E-state index in [4.69, 9.17) is 5.11 Å². The van der Waals surface area contributed by atoms with Crippen molar-refractivity contribution in [2.75, 3.05) is 26.2 Å². The zero-order valence-electron chi connectivity index (χ0n) is 12.9. The molecule has 0 saturated carbocycles. The van der Waals surface area contributed by atoms with Crippen LogP contribution in [0.3, 0.4) is 0 Å². The van der Waals surface area contributed by atoms with Crippen molar-refractivity contribution in [3.63, 3.8) is 0 Å². The number of aromatic nitrogens is 1. The number of rotatable bonds is 4. The average molecular weight is 291 g/mol. The molecule has 2 heterocycles. The lowest BCUT2D eigenvalue weighted by atomic mass is 9.85. The predicted octanol–water partition coefficient (Wildman–Crippen LogP) is 1.77. The number of amides is 2. The predicted molar refractivity (Wildman–Crippen MR) is 82.0 cm³/mol. The quantitative estimate of drug-likeness (QED) is 0.888. The minimum Gasteiger partial charge on any atom is -0.396 e. The third-order valence-electron chi connectivity index (χ3n) is 4.30. The van der Waals surface area contributed by atoms with Gasteiger partial charge in [-0.2, -0.15) is 0 Å². The fourth-order valence-corrected chi connectivity index (χ4v) is 2.63. The van der Waals surface area contributed by atoms with Crippen LogP contribution in [0.4, 0.5) is 4.79 Å². The molecule has 0 atom stereocenters. The molecule has 1 aliphatic heterocycles. The van der Waals surface area contributed by atoms with Gasteiger partial charge in [0.25, 0.3) is 0 Å². The summed E-state index contributed by atoms with van der Waals surface area (Å²) >= 11 is 0. The number of urea groups is 1. The second kappa shape index (κ2) is 6.89. The van der Waals surface area contributed by atoms with E-state index in [1.807, 2.05) is 17.0 Å². The smallest absolute Gasteiger partial charge is 0.317 e. The number of nitrogens with one attached hydrogen (secondary N) is 1. The van der Waals surface area contributed by atoms with E-state index < -0.39 is 0 Å². The van der Waals surface area contributed by atoms with E-state index in [-0.39, 0.29) is 18.1 Å². The maximum absolute atomic E-state index is 12.2. The Labute approximate surface area is 126 Å². The summed E-state index contributed by atoms with van der Waals surface area (Å²) in [4.78, 5) is 18.1. The number of aliphatic hydroxyl groups excluding tert-OH is 1. The van der Waals surface area contributed by atoms with Gasteiger partial charge in [-0.3, -0.25) is 4.98 Å². The summed E-state index contributed by atoms with van der Waals surface area (Å²) in [5.41, 5.74) is 1.04. The van der Waals surface area contributed by atoms with E-state index in [2.05, 4.69) is 24.1 Å². The van der Waals surface area contributed by atoms with Crippen molar-refractivity contribution < 1.29 is 9.90 Å². The number of pyridine rings is 1. The third-order valence-corrected chi connectivity index (χ3v) is 4.30. The summed E-state index contributed by atoms with van der Waals surface area (Å²) in [5, 5.41) is 12.2. The Hall–Kier alpha value is -1.62. The molecular formula is C16H25N3O2. The van der Waals surface area contributed by atoms with Gasteiger partial charge < -0.3 is 15.3 Å². The summed E-state index contributed by atoms with van der Waals surface area (Å²) in [6, 6.07) is 3.96. The molecular weight excluding hydrogens is 266 g/mol. The molecule has 2 amide bonds. The lowest BCUT2D eigenvalue weighted by Gasteiger charge is -2.33. The Bertz CT molecular complexity index is 454. The van der Waals surface area contributed by atoms with E-state index >= 15 is 0 Å². The van der Waals surface area contributed by atoms with E-state index in [1.165, 1.54) is 0 Å². The first-order valence-corrected chi connectivity index (χ1v) is 7.57. The van der Waals surface area contributed by atoms with Crippen LogP contribution in [0.15, 0.2) is 24.5 Å². The van der Waals surface area contributed by atoms with E-state index in [0.29, 0.717) is 12.5 Å². The molecule has 1 aliphatic rings. The molecule has 1 aromatic heterocycles. The maximum atomic E-state index is 12.2. The van der Waals surface area contributed by atoms with Crippen molar-refractivity contribution >= 4 is 6.03 Å². The Balaban J connectivity index is 1.84. The number of hydrogen-bond donors (Lipinski definition) is 2. The van der Waals surface area contributed by atoms with Crippen molar-refractivity contribution in [2.45, 2.75) is 32.1 Å². The van der Waals surface area contributed by atoms with E-state index in [1.54, 1.807) is 12.4 Å². The molecule has 0 unspecified atom stereocenters. The average Bonchev–Trinajstić information content (AvgIpc) is 2.53. The van der Waals surface area contributed by atoms with Crippen LogP contribution >= 0.6 is 0 Å². The summed E-state index contributed by atoms with van der Waals surface area (Å²) in [6.45, 7) is 6.50. The molecule has 2 rings (SSSR count). The van der Waals surface area contributed by atoms with Crippen LogP contribution in [0.25, 0.3) is 0 Å². The molecule has 1 fully saturated rings. The topological polar surface area (TPSA) is 65.5 Å². The molecule has 0 bridgehead atoms. The van der Waals surface area contributed by atoms with Crippen LogP contribution < -0.4 is 5.32 Å². The highest BCUT2D eigenvalue weighted by Gasteiger charge is 2.25. The fourth-order valence-electron chi connectivity index (χ4n) is 2.63. The molecule has 1 saturated heterocycles. The molecule has 2 N–H and O–H groups in total. The van der Waals surface area contributed by atoms with Gasteiger partial charge in [-0.25, -0.2) is 4.79 Å². The molecule has 21 heavy (non-hydrogen) atoms. The molecule has 0 aliphatic carbocycles. The van der Waals surface area contributed by atoms with Gasteiger partial charge in [0.15, 0.2) is 0 Å². The molecule has 1 aromatic rings. The second-order valence-corrected chi connectivity index (χ2v) is 6.39. The highest BCUT2D eigenvalue weighted by molar-refractivity contribution is 5.74. The number of carbonyl (C=O) groups is 1. The number of nitrogens with zero attached hydrogens (tertiary/aromatic N) is 2. The van der Waals surface area contributed by atoms with Crippen LogP contribution in [0.5, 0.6) is 0 Å². The van der Waals surface area contributed by atoms with Crippen LogP contribution in [0.2, 0.25) is 0 Å². The Kier molecular flexibility index (Phi) is 5.17. The largest absolute Gasteiger partial charge is 0.396 e. The molecule has 0 spiro atoms. The Morgan fingerprint density at radius 1 is 1.38 bits per heavy atom. The van der Waals surface area contributed by atoms with Crippen molar-refractivity contribution in [1.29, 1.82) is 0 Å². The first kappa shape index (κ1) is 15.8. The van der Waals surface area contributed by atoms with E-state index in [0.717, 1.165) is 31.5 Å². The fraction of sp³-hybridized carbons (Fsp3) is 0.625. The van der Waals surface area contributed by atoms with Crippen LogP contribution in [-0.2, 0) is 5.41 Å². The van der Waals surface area contributed by atoms with Gasteiger partial charge >= 0.3 is 6.03 Å².